The highest BCUT2D eigenvalue weighted by atomic mass is 32.1. The summed E-state index contributed by atoms with van der Waals surface area (Å²) < 4.78 is 1.90. The number of nitrogens with zero attached hydrogens (tertiary/aromatic N) is 6. The Morgan fingerprint density at radius 2 is 1.91 bits per heavy atom. The van der Waals surface area contributed by atoms with Gasteiger partial charge in [0.05, 0.1) is 18.8 Å². The van der Waals surface area contributed by atoms with Crippen LogP contribution in [0.2, 0.25) is 0 Å². The van der Waals surface area contributed by atoms with Crippen LogP contribution in [0.25, 0.3) is 0 Å². The Bertz CT molecular complexity index is 556. The van der Waals surface area contributed by atoms with Gasteiger partial charge in [-0.15, -0.1) is 11.3 Å². The summed E-state index contributed by atoms with van der Waals surface area (Å²) in [6, 6.07) is 0. The van der Waals surface area contributed by atoms with Crippen LogP contribution in [-0.2, 0) is 13.1 Å². The van der Waals surface area contributed by atoms with Crippen molar-refractivity contribution in [2.45, 2.75) is 32.9 Å². The predicted molar refractivity (Wildman–Crippen MR) is 87.9 cm³/mol. The molecule has 2 aromatic rings. The van der Waals surface area contributed by atoms with E-state index in [1.54, 1.807) is 24.0 Å². The molecule has 3 heterocycles. The molecular formula is C15H24N6S. The highest BCUT2D eigenvalue weighted by molar-refractivity contribution is 7.09. The van der Waals surface area contributed by atoms with Crippen LogP contribution < -0.4 is 0 Å². The fourth-order valence-electron chi connectivity index (χ4n) is 2.62. The van der Waals surface area contributed by atoms with E-state index in [0.717, 1.165) is 45.8 Å². The molecule has 0 bridgehead atoms. The van der Waals surface area contributed by atoms with Gasteiger partial charge in [-0.3, -0.25) is 14.5 Å². The first-order valence-corrected chi connectivity index (χ1v) is 8.80. The molecule has 0 aliphatic carbocycles. The molecule has 3 rings (SSSR count). The Labute approximate surface area is 135 Å². The minimum atomic E-state index is 0.527. The molecule has 22 heavy (non-hydrogen) atoms. The van der Waals surface area contributed by atoms with Gasteiger partial charge in [-0.25, -0.2) is 9.97 Å². The maximum Gasteiger partial charge on any atom is 0.137 e. The van der Waals surface area contributed by atoms with Crippen molar-refractivity contribution in [1.29, 1.82) is 0 Å². The van der Waals surface area contributed by atoms with Gasteiger partial charge in [-0.05, 0) is 5.92 Å². The summed E-state index contributed by atoms with van der Waals surface area (Å²) in [5.41, 5.74) is 1.23. The molecular weight excluding hydrogens is 296 g/mol. The van der Waals surface area contributed by atoms with E-state index in [2.05, 4.69) is 39.1 Å². The van der Waals surface area contributed by atoms with Crippen molar-refractivity contribution in [1.82, 2.24) is 29.5 Å². The fourth-order valence-corrected chi connectivity index (χ4v) is 3.61. The first-order chi connectivity index (χ1) is 10.7. The molecule has 0 radical (unpaired) electrons. The highest BCUT2D eigenvalue weighted by Gasteiger charge is 2.18. The van der Waals surface area contributed by atoms with Crippen LogP contribution in [0.4, 0.5) is 0 Å². The molecule has 0 amide bonds. The Morgan fingerprint density at radius 1 is 1.14 bits per heavy atom. The average Bonchev–Trinajstić information content (AvgIpc) is 3.18. The molecule has 120 valence electrons. The number of rotatable bonds is 6. The molecule has 0 atom stereocenters. The summed E-state index contributed by atoms with van der Waals surface area (Å²) in [6.07, 6.45) is 3.38. The summed E-state index contributed by atoms with van der Waals surface area (Å²) >= 11 is 1.80. The molecule has 0 aromatic carbocycles. The van der Waals surface area contributed by atoms with E-state index in [0.29, 0.717) is 5.92 Å². The van der Waals surface area contributed by atoms with Crippen LogP contribution in [0.3, 0.4) is 0 Å². The maximum absolute atomic E-state index is 4.74. The Morgan fingerprint density at radius 3 is 2.55 bits per heavy atom. The lowest BCUT2D eigenvalue weighted by atomic mass is 10.2. The second-order valence-corrected chi connectivity index (χ2v) is 7.04. The van der Waals surface area contributed by atoms with Crippen LogP contribution in [0.5, 0.6) is 0 Å². The highest BCUT2D eigenvalue weighted by Crippen LogP contribution is 2.19. The minimum Gasteiger partial charge on any atom is -0.299 e. The Kier molecular flexibility index (Phi) is 5.17. The molecule has 0 saturated carbocycles. The second kappa shape index (κ2) is 7.30. The zero-order chi connectivity index (χ0) is 15.4. The number of aromatic nitrogens is 4. The van der Waals surface area contributed by atoms with Gasteiger partial charge >= 0.3 is 0 Å². The smallest absolute Gasteiger partial charge is 0.137 e. The standard InChI is InChI=1S/C15H24N6S/c1-13(2)14-10-22-15(18-14)9-20-5-3-19(4-6-20)7-8-21-12-16-11-17-21/h10-13H,3-9H2,1-2H3. The van der Waals surface area contributed by atoms with Gasteiger partial charge in [0, 0.05) is 38.1 Å². The largest absolute Gasteiger partial charge is 0.299 e. The van der Waals surface area contributed by atoms with Gasteiger partial charge in [0.25, 0.3) is 0 Å². The summed E-state index contributed by atoms with van der Waals surface area (Å²) in [7, 11) is 0. The molecule has 7 heteroatoms. The SMILES string of the molecule is CC(C)c1csc(CN2CCN(CCn3cncn3)CC2)n1. The molecule has 0 unspecified atom stereocenters. The van der Waals surface area contributed by atoms with Crippen molar-refractivity contribution in [2.75, 3.05) is 32.7 Å². The van der Waals surface area contributed by atoms with Crippen molar-refractivity contribution < 1.29 is 0 Å². The third-order valence-corrected chi connectivity index (χ3v) is 4.95. The maximum atomic E-state index is 4.74. The number of hydrogen-bond acceptors (Lipinski definition) is 6. The van der Waals surface area contributed by atoms with Crippen molar-refractivity contribution in [3.8, 4) is 0 Å². The molecule has 1 saturated heterocycles. The lowest BCUT2D eigenvalue weighted by Crippen LogP contribution is -2.46. The van der Waals surface area contributed by atoms with E-state index in [9.17, 15) is 0 Å². The Balaban J connectivity index is 1.41. The first kappa shape index (κ1) is 15.6. The van der Waals surface area contributed by atoms with Gasteiger partial charge < -0.3 is 0 Å². The zero-order valence-electron chi connectivity index (χ0n) is 13.4. The first-order valence-electron chi connectivity index (χ1n) is 7.92. The van der Waals surface area contributed by atoms with Crippen molar-refractivity contribution in [3.63, 3.8) is 0 Å². The number of thiazole rings is 1. The molecule has 0 spiro atoms. The number of hydrogen-bond donors (Lipinski definition) is 0. The van der Waals surface area contributed by atoms with Crippen molar-refractivity contribution in [2.24, 2.45) is 0 Å². The van der Waals surface area contributed by atoms with Crippen molar-refractivity contribution in [3.05, 3.63) is 28.7 Å². The van der Waals surface area contributed by atoms with Crippen LogP contribution in [-0.4, -0.2) is 62.3 Å². The third kappa shape index (κ3) is 4.12. The van der Waals surface area contributed by atoms with E-state index in [4.69, 9.17) is 4.98 Å². The van der Waals surface area contributed by atoms with Gasteiger partial charge in [0.15, 0.2) is 0 Å². The second-order valence-electron chi connectivity index (χ2n) is 6.10. The number of piperazine rings is 1. The lowest BCUT2D eigenvalue weighted by molar-refractivity contribution is 0.123. The molecule has 0 N–H and O–H groups in total. The Hall–Kier alpha value is -1.31. The predicted octanol–water partition coefficient (Wildman–Crippen LogP) is 1.68. The fraction of sp³-hybridized carbons (Fsp3) is 0.667. The molecule has 2 aromatic heterocycles. The average molecular weight is 320 g/mol. The molecule has 1 aliphatic heterocycles. The van der Waals surface area contributed by atoms with Gasteiger partial charge in [0.1, 0.15) is 17.7 Å². The van der Waals surface area contributed by atoms with E-state index >= 15 is 0 Å². The quantitative estimate of drug-likeness (QED) is 0.810. The van der Waals surface area contributed by atoms with Gasteiger partial charge in [0.2, 0.25) is 0 Å². The zero-order valence-corrected chi connectivity index (χ0v) is 14.2. The van der Waals surface area contributed by atoms with Crippen LogP contribution in [0.1, 0.15) is 30.5 Å². The van der Waals surface area contributed by atoms with E-state index in [1.807, 2.05) is 4.68 Å². The molecule has 6 nitrogen and oxygen atoms in total. The van der Waals surface area contributed by atoms with Gasteiger partial charge in [-0.1, -0.05) is 13.8 Å². The van der Waals surface area contributed by atoms with Crippen LogP contribution in [0, 0.1) is 0 Å². The monoisotopic (exact) mass is 320 g/mol. The lowest BCUT2D eigenvalue weighted by Gasteiger charge is -2.34. The van der Waals surface area contributed by atoms with Crippen molar-refractivity contribution >= 4 is 11.3 Å². The van der Waals surface area contributed by atoms with E-state index in [-0.39, 0.29) is 0 Å². The minimum absolute atomic E-state index is 0.527. The molecule has 1 aliphatic rings. The summed E-state index contributed by atoms with van der Waals surface area (Å²) in [5.74, 6) is 0.527. The van der Waals surface area contributed by atoms with Crippen LogP contribution >= 0.6 is 11.3 Å². The summed E-state index contributed by atoms with van der Waals surface area (Å²) in [6.45, 7) is 11.8. The normalized spacial score (nSPS) is 17.4. The third-order valence-electron chi connectivity index (χ3n) is 4.10. The summed E-state index contributed by atoms with van der Waals surface area (Å²) in [4.78, 5) is 13.7. The van der Waals surface area contributed by atoms with E-state index in [1.165, 1.54) is 10.7 Å². The van der Waals surface area contributed by atoms with Crippen LogP contribution in [0.15, 0.2) is 18.0 Å². The summed E-state index contributed by atoms with van der Waals surface area (Å²) in [5, 5.41) is 7.60. The molecule has 1 fully saturated rings. The van der Waals surface area contributed by atoms with E-state index < -0.39 is 0 Å². The topological polar surface area (TPSA) is 50.1 Å². The van der Waals surface area contributed by atoms with Gasteiger partial charge in [-0.2, -0.15) is 5.10 Å².